The number of para-hydroxylation sites is 1. The summed E-state index contributed by atoms with van der Waals surface area (Å²) in [7, 11) is 0. The summed E-state index contributed by atoms with van der Waals surface area (Å²) in [6, 6.07) is 16.6. The first-order valence-electron chi connectivity index (χ1n) is 6.43. The number of nitrogens with zero attached hydrogens (tertiary/aromatic N) is 2. The van der Waals surface area contributed by atoms with Gasteiger partial charge in [-0.05, 0) is 18.6 Å². The average Bonchev–Trinajstić information content (AvgIpc) is 2.81. The maximum Gasteiger partial charge on any atom is 0.141 e. The molecule has 0 saturated heterocycles. The van der Waals surface area contributed by atoms with E-state index in [2.05, 4.69) is 48.4 Å². The van der Waals surface area contributed by atoms with Gasteiger partial charge in [0.25, 0.3) is 0 Å². The minimum absolute atomic E-state index is 0.768. The van der Waals surface area contributed by atoms with Gasteiger partial charge in [0, 0.05) is 12.1 Å². The Labute approximate surface area is 113 Å². The number of imidazole rings is 1. The molecule has 2 aromatic carbocycles. The summed E-state index contributed by atoms with van der Waals surface area (Å²) in [5, 5.41) is 0. The van der Waals surface area contributed by atoms with Crippen molar-refractivity contribution in [2.45, 2.75) is 13.5 Å². The Bertz CT molecular complexity index is 724. The summed E-state index contributed by atoms with van der Waals surface area (Å²) >= 11 is 0. The molecule has 2 nitrogen and oxygen atoms in total. The van der Waals surface area contributed by atoms with Crippen molar-refractivity contribution in [2.24, 2.45) is 0 Å². The molecule has 0 amide bonds. The third-order valence-corrected chi connectivity index (χ3v) is 3.32. The molecule has 0 fully saturated rings. The Morgan fingerprint density at radius 1 is 1.11 bits per heavy atom. The van der Waals surface area contributed by atoms with Crippen molar-refractivity contribution in [3.8, 4) is 11.4 Å². The summed E-state index contributed by atoms with van der Waals surface area (Å²) in [5.74, 6) is 1.00. The summed E-state index contributed by atoms with van der Waals surface area (Å²) in [6.07, 6.45) is 1.91. The molecule has 2 heteroatoms. The fourth-order valence-corrected chi connectivity index (χ4v) is 2.41. The third-order valence-electron chi connectivity index (χ3n) is 3.32. The zero-order chi connectivity index (χ0) is 13.2. The molecule has 0 atom stereocenters. The molecule has 0 unspecified atom stereocenters. The molecule has 1 heterocycles. The van der Waals surface area contributed by atoms with Crippen molar-refractivity contribution in [2.75, 3.05) is 0 Å². The number of fused-ring (bicyclic) bond motifs is 1. The molecule has 0 spiro atoms. The normalized spacial score (nSPS) is 10.8. The minimum Gasteiger partial charge on any atom is -0.320 e. The topological polar surface area (TPSA) is 17.8 Å². The van der Waals surface area contributed by atoms with Crippen LogP contribution in [0.25, 0.3) is 22.4 Å². The highest BCUT2D eigenvalue weighted by atomic mass is 15.1. The number of hydrogen-bond donors (Lipinski definition) is 0. The number of aryl methyl sites for hydroxylation is 1. The highest BCUT2D eigenvalue weighted by Gasteiger charge is 2.12. The van der Waals surface area contributed by atoms with Crippen LogP contribution in [0.15, 0.2) is 61.2 Å². The average molecular weight is 248 g/mol. The van der Waals surface area contributed by atoms with E-state index in [4.69, 9.17) is 4.98 Å². The van der Waals surface area contributed by atoms with E-state index in [0.717, 1.165) is 23.4 Å². The van der Waals surface area contributed by atoms with Gasteiger partial charge in [-0.25, -0.2) is 4.98 Å². The lowest BCUT2D eigenvalue weighted by atomic mass is 10.2. The largest absolute Gasteiger partial charge is 0.320 e. The van der Waals surface area contributed by atoms with Crippen LogP contribution in [0.1, 0.15) is 5.56 Å². The van der Waals surface area contributed by atoms with Gasteiger partial charge in [0.05, 0.1) is 11.0 Å². The predicted octanol–water partition coefficient (Wildman–Crippen LogP) is 4.20. The molecule has 0 aliphatic heterocycles. The molecule has 19 heavy (non-hydrogen) atoms. The van der Waals surface area contributed by atoms with Crippen molar-refractivity contribution >= 4 is 11.0 Å². The minimum atomic E-state index is 0.768. The zero-order valence-corrected chi connectivity index (χ0v) is 11.0. The number of benzene rings is 2. The molecule has 0 N–H and O–H groups in total. The van der Waals surface area contributed by atoms with E-state index in [9.17, 15) is 0 Å². The lowest BCUT2D eigenvalue weighted by Gasteiger charge is -2.06. The summed E-state index contributed by atoms with van der Waals surface area (Å²) in [6.45, 7) is 6.72. The quantitative estimate of drug-likeness (QED) is 0.635. The molecular weight excluding hydrogens is 232 g/mol. The van der Waals surface area contributed by atoms with Crippen LogP contribution in [-0.4, -0.2) is 9.55 Å². The number of hydrogen-bond acceptors (Lipinski definition) is 1. The number of rotatable bonds is 3. The maximum atomic E-state index is 4.82. The van der Waals surface area contributed by atoms with Gasteiger partial charge in [-0.1, -0.05) is 48.5 Å². The molecular formula is C17H16N2. The molecule has 3 rings (SSSR count). The van der Waals surface area contributed by atoms with E-state index in [-0.39, 0.29) is 0 Å². The SMILES string of the molecule is C=CCn1c(-c2ccccc2)nc2c(C)cccc21. The van der Waals surface area contributed by atoms with Gasteiger partial charge in [0.15, 0.2) is 0 Å². The van der Waals surface area contributed by atoms with Gasteiger partial charge in [-0.2, -0.15) is 0 Å². The van der Waals surface area contributed by atoms with E-state index >= 15 is 0 Å². The monoisotopic (exact) mass is 248 g/mol. The first kappa shape index (κ1) is 11.7. The molecule has 0 bridgehead atoms. The van der Waals surface area contributed by atoms with Crippen LogP contribution in [0.3, 0.4) is 0 Å². The molecule has 3 aromatic rings. The molecule has 1 aromatic heterocycles. The predicted molar refractivity (Wildman–Crippen MR) is 80.1 cm³/mol. The van der Waals surface area contributed by atoms with Crippen molar-refractivity contribution in [1.82, 2.24) is 9.55 Å². The molecule has 94 valence electrons. The van der Waals surface area contributed by atoms with Gasteiger partial charge in [0.1, 0.15) is 5.82 Å². The van der Waals surface area contributed by atoms with Crippen molar-refractivity contribution in [1.29, 1.82) is 0 Å². The first-order chi connectivity index (χ1) is 9.31. The number of allylic oxidation sites excluding steroid dienone is 1. The van der Waals surface area contributed by atoms with Crippen LogP contribution < -0.4 is 0 Å². The third kappa shape index (κ3) is 1.95. The van der Waals surface area contributed by atoms with Crippen LogP contribution in [0.4, 0.5) is 0 Å². The van der Waals surface area contributed by atoms with Gasteiger partial charge in [-0.15, -0.1) is 6.58 Å². The van der Waals surface area contributed by atoms with Crippen LogP contribution >= 0.6 is 0 Å². The Balaban J connectivity index is 2.32. The summed E-state index contributed by atoms with van der Waals surface area (Å²) in [4.78, 5) is 4.82. The van der Waals surface area contributed by atoms with Crippen LogP contribution in [0.2, 0.25) is 0 Å². The molecule has 0 saturated carbocycles. The zero-order valence-electron chi connectivity index (χ0n) is 11.0. The Morgan fingerprint density at radius 2 is 1.89 bits per heavy atom. The van der Waals surface area contributed by atoms with Crippen molar-refractivity contribution in [3.05, 3.63) is 66.7 Å². The maximum absolute atomic E-state index is 4.82. The van der Waals surface area contributed by atoms with Gasteiger partial charge >= 0.3 is 0 Å². The van der Waals surface area contributed by atoms with Crippen molar-refractivity contribution < 1.29 is 0 Å². The molecule has 0 aliphatic rings. The van der Waals surface area contributed by atoms with Crippen molar-refractivity contribution in [3.63, 3.8) is 0 Å². The fourth-order valence-electron chi connectivity index (χ4n) is 2.41. The first-order valence-corrected chi connectivity index (χ1v) is 6.43. The second-order valence-corrected chi connectivity index (χ2v) is 4.64. The van der Waals surface area contributed by atoms with E-state index in [0.29, 0.717) is 0 Å². The van der Waals surface area contributed by atoms with Crippen LogP contribution in [0.5, 0.6) is 0 Å². The lowest BCUT2D eigenvalue weighted by Crippen LogP contribution is -1.98. The standard InChI is InChI=1S/C17H16N2/c1-3-12-19-15-11-7-8-13(2)16(15)18-17(19)14-9-5-4-6-10-14/h3-11H,1,12H2,2H3. The van der Waals surface area contributed by atoms with E-state index in [1.165, 1.54) is 11.1 Å². The van der Waals surface area contributed by atoms with Gasteiger partial charge < -0.3 is 4.57 Å². The Kier molecular flexibility index (Phi) is 2.92. The highest BCUT2D eigenvalue weighted by Crippen LogP contribution is 2.26. The van der Waals surface area contributed by atoms with E-state index < -0.39 is 0 Å². The van der Waals surface area contributed by atoms with Gasteiger partial charge in [0.2, 0.25) is 0 Å². The summed E-state index contributed by atoms with van der Waals surface area (Å²) in [5.41, 5.74) is 4.58. The second-order valence-electron chi connectivity index (χ2n) is 4.64. The summed E-state index contributed by atoms with van der Waals surface area (Å²) < 4.78 is 2.21. The van der Waals surface area contributed by atoms with E-state index in [1.54, 1.807) is 0 Å². The van der Waals surface area contributed by atoms with Crippen LogP contribution in [-0.2, 0) is 6.54 Å². The highest BCUT2D eigenvalue weighted by molar-refractivity contribution is 5.83. The Hall–Kier alpha value is -2.35. The molecule has 0 aliphatic carbocycles. The number of aromatic nitrogens is 2. The Morgan fingerprint density at radius 3 is 2.63 bits per heavy atom. The van der Waals surface area contributed by atoms with Crippen LogP contribution in [0, 0.1) is 6.92 Å². The smallest absolute Gasteiger partial charge is 0.141 e. The van der Waals surface area contributed by atoms with Gasteiger partial charge in [-0.3, -0.25) is 0 Å². The molecule has 0 radical (unpaired) electrons. The second kappa shape index (κ2) is 4.73. The lowest BCUT2D eigenvalue weighted by molar-refractivity contribution is 0.862. The fraction of sp³-hybridized carbons (Fsp3) is 0.118. The van der Waals surface area contributed by atoms with E-state index in [1.807, 2.05) is 24.3 Å².